The van der Waals surface area contributed by atoms with Crippen LogP contribution in [0.15, 0.2) is 42.7 Å². The van der Waals surface area contributed by atoms with Crippen molar-refractivity contribution in [3.8, 4) is 23.1 Å². The molecule has 14 nitrogen and oxygen atoms in total. The zero-order chi connectivity index (χ0) is 33.8. The van der Waals surface area contributed by atoms with Crippen molar-refractivity contribution in [1.29, 1.82) is 5.26 Å². The number of nitrogens with one attached hydrogen (secondary N) is 3. The molecule has 3 aromatic heterocycles. The Kier molecular flexibility index (Phi) is 9.75. The fourth-order valence-corrected chi connectivity index (χ4v) is 6.46. The second-order valence-corrected chi connectivity index (χ2v) is 12.1. The van der Waals surface area contributed by atoms with Crippen LogP contribution in [0.25, 0.3) is 11.3 Å². The molecule has 18 heteroatoms. The summed E-state index contributed by atoms with van der Waals surface area (Å²) in [5.74, 6) is -1.34. The van der Waals surface area contributed by atoms with Crippen LogP contribution in [-0.2, 0) is 32.5 Å². The minimum absolute atomic E-state index is 0.0289. The lowest BCUT2D eigenvalue weighted by atomic mass is 10.1. The molecule has 8 bridgehead atoms. The average Bonchev–Trinajstić information content (AvgIpc) is 3.45. The third-order valence-corrected chi connectivity index (χ3v) is 8.90. The monoisotopic (exact) mass is 671 g/mol. The number of nitrogens with zero attached hydrogens (tertiary/aromatic N) is 6. The van der Waals surface area contributed by atoms with Crippen LogP contribution in [0.2, 0.25) is 0 Å². The summed E-state index contributed by atoms with van der Waals surface area (Å²) in [5.41, 5.74) is -0.125. The molecule has 8 rings (SSSR count). The molecule has 47 heavy (non-hydrogen) atoms. The van der Waals surface area contributed by atoms with Gasteiger partial charge in [-0.3, -0.25) is 14.0 Å². The van der Waals surface area contributed by atoms with Crippen molar-refractivity contribution < 1.29 is 36.3 Å². The van der Waals surface area contributed by atoms with E-state index < -0.39 is 31.1 Å². The molecular formula is C29H29F3N9O5P. The number of anilines is 4. The zero-order valence-corrected chi connectivity index (χ0v) is 26.3. The molecule has 4 aromatic rings. The SMILES string of the molecule is CCOP1(=O)Cc2ccc(c(OC)c2)Nc2ncc(C(F)(F)F)c(n2)Nc2ccc(nc2C(=O)NC)-c2cnn(c2C#N)CCCO1. The number of pyridine rings is 1. The molecular weight excluding hydrogens is 642 g/mol. The largest absolute Gasteiger partial charge is 0.495 e. The van der Waals surface area contributed by atoms with Crippen molar-refractivity contribution in [2.45, 2.75) is 32.2 Å². The van der Waals surface area contributed by atoms with Crippen molar-refractivity contribution >= 4 is 36.6 Å². The Balaban J connectivity index is 1.66. The molecule has 7 heterocycles. The maximum Gasteiger partial charge on any atom is 0.421 e. The molecule has 0 radical (unpaired) electrons. The molecule has 1 atom stereocenters. The lowest BCUT2D eigenvalue weighted by Crippen LogP contribution is -2.21. The Morgan fingerprint density at radius 1 is 1.19 bits per heavy atom. The quantitative estimate of drug-likeness (QED) is 0.228. The van der Waals surface area contributed by atoms with Crippen molar-refractivity contribution in [3.05, 3.63) is 65.2 Å². The van der Waals surface area contributed by atoms with Gasteiger partial charge in [0, 0.05) is 19.8 Å². The Morgan fingerprint density at radius 3 is 2.68 bits per heavy atom. The van der Waals surface area contributed by atoms with E-state index in [9.17, 15) is 27.8 Å². The first-order valence-electron chi connectivity index (χ1n) is 14.2. The first-order valence-corrected chi connectivity index (χ1v) is 15.9. The van der Waals surface area contributed by atoms with E-state index in [0.717, 1.165) is 0 Å². The summed E-state index contributed by atoms with van der Waals surface area (Å²) in [4.78, 5) is 25.2. The van der Waals surface area contributed by atoms with Gasteiger partial charge in [-0.1, -0.05) is 6.07 Å². The van der Waals surface area contributed by atoms with Gasteiger partial charge in [0.25, 0.3) is 5.91 Å². The van der Waals surface area contributed by atoms with E-state index >= 15 is 0 Å². The number of hydrogen-bond donors (Lipinski definition) is 3. The van der Waals surface area contributed by atoms with Gasteiger partial charge in [-0.15, -0.1) is 0 Å². The molecule has 0 spiro atoms. The number of methoxy groups -OCH3 is 1. The summed E-state index contributed by atoms with van der Waals surface area (Å²) in [7, 11) is -0.904. The van der Waals surface area contributed by atoms with Gasteiger partial charge in [-0.25, -0.2) is 9.97 Å². The molecule has 1 unspecified atom stereocenters. The lowest BCUT2D eigenvalue weighted by Gasteiger charge is -2.19. The number of carbonyl (C=O) groups excluding carboxylic acids is 1. The Labute approximate surface area is 266 Å². The number of benzene rings is 1. The van der Waals surface area contributed by atoms with E-state index in [-0.39, 0.29) is 66.0 Å². The van der Waals surface area contributed by atoms with E-state index in [1.54, 1.807) is 25.1 Å². The molecule has 4 aliphatic heterocycles. The van der Waals surface area contributed by atoms with Crippen molar-refractivity contribution in [2.24, 2.45) is 0 Å². The molecule has 3 N–H and O–H groups in total. The number of aromatic nitrogens is 5. The number of aryl methyl sites for hydroxylation is 1. The van der Waals surface area contributed by atoms with Crippen LogP contribution in [0.3, 0.4) is 0 Å². The minimum Gasteiger partial charge on any atom is -0.495 e. The zero-order valence-electron chi connectivity index (χ0n) is 25.4. The van der Waals surface area contributed by atoms with Crippen LogP contribution in [0, 0.1) is 11.3 Å². The Bertz CT molecular complexity index is 1890. The number of alkyl halides is 3. The number of ether oxygens (including phenoxy) is 1. The van der Waals surface area contributed by atoms with E-state index in [1.807, 2.05) is 0 Å². The van der Waals surface area contributed by atoms with Crippen LogP contribution in [0.4, 0.5) is 36.3 Å². The van der Waals surface area contributed by atoms with Crippen LogP contribution < -0.4 is 20.7 Å². The van der Waals surface area contributed by atoms with Gasteiger partial charge in [0.2, 0.25) is 5.95 Å². The van der Waals surface area contributed by atoms with E-state index in [0.29, 0.717) is 23.9 Å². The minimum atomic E-state index is -4.86. The second kappa shape index (κ2) is 13.8. The van der Waals surface area contributed by atoms with Crippen molar-refractivity contribution in [2.75, 3.05) is 38.0 Å². The molecule has 0 saturated heterocycles. The number of rotatable bonds is 4. The second-order valence-electron chi connectivity index (χ2n) is 10.0. The smallest absolute Gasteiger partial charge is 0.421 e. The molecule has 246 valence electrons. The normalized spacial score (nSPS) is 16.6. The Hall–Kier alpha value is -5.04. The highest BCUT2D eigenvalue weighted by Crippen LogP contribution is 2.52. The summed E-state index contributed by atoms with van der Waals surface area (Å²) in [5, 5.41) is 22.1. The maximum absolute atomic E-state index is 14.1. The van der Waals surface area contributed by atoms with Gasteiger partial charge in [-0.05, 0) is 43.2 Å². The highest BCUT2D eigenvalue weighted by molar-refractivity contribution is 7.53. The first kappa shape index (κ1) is 33.3. The first-order chi connectivity index (χ1) is 22.5. The predicted octanol–water partition coefficient (Wildman–Crippen LogP) is 5.63. The van der Waals surface area contributed by atoms with Crippen LogP contribution in [0.1, 0.15) is 40.7 Å². The topological polar surface area (TPSA) is 178 Å². The molecule has 1 amide bonds. The van der Waals surface area contributed by atoms with Gasteiger partial charge in [-0.2, -0.15) is 28.5 Å². The van der Waals surface area contributed by atoms with Crippen LogP contribution >= 0.6 is 7.60 Å². The highest BCUT2D eigenvalue weighted by atomic mass is 31.2. The number of amides is 1. The number of carbonyl (C=O) groups is 1. The third-order valence-electron chi connectivity index (χ3n) is 6.92. The van der Waals surface area contributed by atoms with Gasteiger partial charge in [0.1, 0.15) is 28.9 Å². The fourth-order valence-electron chi connectivity index (χ4n) is 4.76. The number of nitriles is 1. The van der Waals surface area contributed by atoms with Crippen molar-refractivity contribution in [3.63, 3.8) is 0 Å². The standard InChI is InChI=1S/C29H29F3N9O5P/c1-4-45-47(43)16-17-6-7-21(24(12-17)44-3)39-28-35-15-19(29(30,31)32)26(40-28)38-22-9-8-20(37-25(22)27(42)34-2)18-14-36-41(23(18)13-33)10-5-11-46-47/h6-9,12,14-15H,4-5,10-11,16H2,1-3H3,(H,34,42)(H2,35,38,39,40). The average molecular weight is 672 g/mol. The van der Waals surface area contributed by atoms with E-state index in [4.69, 9.17) is 13.8 Å². The Morgan fingerprint density at radius 2 is 1.98 bits per heavy atom. The molecule has 0 fully saturated rings. The molecule has 1 aromatic carbocycles. The summed E-state index contributed by atoms with van der Waals surface area (Å²) in [6.45, 7) is 2.05. The molecule has 4 aliphatic rings. The number of hydrogen-bond acceptors (Lipinski definition) is 12. The highest BCUT2D eigenvalue weighted by Gasteiger charge is 2.36. The summed E-state index contributed by atoms with van der Waals surface area (Å²) in [6.07, 6.45) is -2.64. The summed E-state index contributed by atoms with van der Waals surface area (Å²) < 4.78 is 74.1. The van der Waals surface area contributed by atoms with Gasteiger partial charge >= 0.3 is 13.8 Å². The summed E-state index contributed by atoms with van der Waals surface area (Å²) in [6, 6.07) is 9.65. The van der Waals surface area contributed by atoms with Gasteiger partial charge in [0.15, 0.2) is 5.69 Å². The predicted molar refractivity (Wildman–Crippen MR) is 164 cm³/mol. The van der Waals surface area contributed by atoms with Crippen molar-refractivity contribution in [1.82, 2.24) is 30.0 Å². The van der Waals surface area contributed by atoms with Crippen LogP contribution in [0.5, 0.6) is 5.75 Å². The lowest BCUT2D eigenvalue weighted by molar-refractivity contribution is -0.137. The third kappa shape index (κ3) is 7.35. The van der Waals surface area contributed by atoms with Crippen LogP contribution in [-0.4, -0.2) is 58.0 Å². The number of halogens is 3. The molecule has 0 saturated carbocycles. The maximum atomic E-state index is 14.1. The van der Waals surface area contributed by atoms with Gasteiger partial charge < -0.3 is 29.7 Å². The van der Waals surface area contributed by atoms with E-state index in [1.165, 1.54) is 37.2 Å². The molecule has 0 aliphatic carbocycles. The van der Waals surface area contributed by atoms with Gasteiger partial charge in [0.05, 0.1) is 55.3 Å². The fraction of sp³-hybridized carbons (Fsp3) is 0.310. The summed E-state index contributed by atoms with van der Waals surface area (Å²) >= 11 is 0. The van der Waals surface area contributed by atoms with E-state index in [2.05, 4.69) is 42.1 Å².